The van der Waals surface area contributed by atoms with Gasteiger partial charge in [0, 0.05) is 5.39 Å². The SMILES string of the molecule is CSc1nc2cnc3ccccc3c2n1Cc1ccccc1. The second-order valence-corrected chi connectivity index (χ2v) is 5.95. The lowest BCUT2D eigenvalue weighted by atomic mass is 10.2. The van der Waals surface area contributed by atoms with Crippen LogP contribution in [0.1, 0.15) is 5.56 Å². The van der Waals surface area contributed by atoms with Crippen LogP contribution in [0.3, 0.4) is 0 Å². The number of thioether (sulfide) groups is 1. The maximum Gasteiger partial charge on any atom is 0.169 e. The summed E-state index contributed by atoms with van der Waals surface area (Å²) in [6, 6.07) is 18.8. The third-order valence-corrected chi connectivity index (χ3v) is 4.49. The molecule has 108 valence electrons. The average molecular weight is 305 g/mol. The van der Waals surface area contributed by atoms with Crippen molar-refractivity contribution in [3.05, 3.63) is 66.4 Å². The molecule has 0 aliphatic heterocycles. The van der Waals surface area contributed by atoms with Gasteiger partial charge in [0.15, 0.2) is 5.16 Å². The van der Waals surface area contributed by atoms with Gasteiger partial charge >= 0.3 is 0 Å². The maximum absolute atomic E-state index is 4.74. The van der Waals surface area contributed by atoms with Gasteiger partial charge in [-0.1, -0.05) is 60.3 Å². The molecule has 0 atom stereocenters. The molecule has 0 N–H and O–H groups in total. The van der Waals surface area contributed by atoms with Gasteiger partial charge in [0.2, 0.25) is 0 Å². The average Bonchev–Trinajstić information content (AvgIpc) is 2.94. The Hall–Kier alpha value is -2.33. The summed E-state index contributed by atoms with van der Waals surface area (Å²) in [4.78, 5) is 9.26. The van der Waals surface area contributed by atoms with Crippen LogP contribution in [-0.2, 0) is 6.54 Å². The lowest BCUT2D eigenvalue weighted by molar-refractivity contribution is 0.734. The summed E-state index contributed by atoms with van der Waals surface area (Å²) in [5, 5.41) is 2.18. The van der Waals surface area contributed by atoms with E-state index in [0.29, 0.717) is 0 Å². The van der Waals surface area contributed by atoms with Gasteiger partial charge < -0.3 is 4.57 Å². The molecule has 0 bridgehead atoms. The van der Waals surface area contributed by atoms with Crippen LogP contribution in [0.15, 0.2) is 66.0 Å². The molecule has 2 heterocycles. The van der Waals surface area contributed by atoms with Crippen LogP contribution in [0.25, 0.3) is 21.9 Å². The maximum atomic E-state index is 4.74. The number of pyridine rings is 1. The number of fused-ring (bicyclic) bond motifs is 3. The molecule has 3 nitrogen and oxygen atoms in total. The number of para-hydroxylation sites is 1. The van der Waals surface area contributed by atoms with Crippen molar-refractivity contribution >= 4 is 33.7 Å². The van der Waals surface area contributed by atoms with Gasteiger partial charge in [0.25, 0.3) is 0 Å². The minimum absolute atomic E-state index is 0.821. The van der Waals surface area contributed by atoms with Gasteiger partial charge in [-0.05, 0) is 17.9 Å². The monoisotopic (exact) mass is 305 g/mol. The van der Waals surface area contributed by atoms with E-state index in [1.54, 1.807) is 11.8 Å². The Kier molecular flexibility index (Phi) is 3.31. The molecule has 0 fully saturated rings. The van der Waals surface area contributed by atoms with Crippen LogP contribution in [0, 0.1) is 0 Å². The molecule has 0 aliphatic rings. The Balaban J connectivity index is 2.00. The number of hydrogen-bond donors (Lipinski definition) is 0. The Morgan fingerprint density at radius 2 is 1.73 bits per heavy atom. The molecule has 0 saturated heterocycles. The molecule has 2 aromatic heterocycles. The lowest BCUT2D eigenvalue weighted by Gasteiger charge is -2.09. The molecular weight excluding hydrogens is 290 g/mol. The van der Waals surface area contributed by atoms with Crippen LogP contribution < -0.4 is 0 Å². The van der Waals surface area contributed by atoms with E-state index >= 15 is 0 Å². The van der Waals surface area contributed by atoms with Crippen molar-refractivity contribution in [2.45, 2.75) is 11.7 Å². The first-order chi connectivity index (χ1) is 10.9. The van der Waals surface area contributed by atoms with E-state index in [1.165, 1.54) is 11.1 Å². The molecule has 0 spiro atoms. The standard InChI is InChI=1S/C18H15N3S/c1-22-18-20-16-11-19-15-10-6-5-9-14(15)17(16)21(18)12-13-7-3-2-4-8-13/h2-11H,12H2,1H3. The van der Waals surface area contributed by atoms with Gasteiger partial charge in [-0.15, -0.1) is 0 Å². The van der Waals surface area contributed by atoms with Gasteiger partial charge in [-0.25, -0.2) is 4.98 Å². The molecule has 0 amide bonds. The van der Waals surface area contributed by atoms with Crippen molar-refractivity contribution < 1.29 is 0 Å². The molecule has 22 heavy (non-hydrogen) atoms. The molecule has 0 radical (unpaired) electrons. The highest BCUT2D eigenvalue weighted by Gasteiger charge is 2.13. The second kappa shape index (κ2) is 5.46. The minimum atomic E-state index is 0.821. The topological polar surface area (TPSA) is 30.7 Å². The summed E-state index contributed by atoms with van der Waals surface area (Å²) in [5.74, 6) is 0. The Morgan fingerprint density at radius 3 is 2.55 bits per heavy atom. The highest BCUT2D eigenvalue weighted by atomic mass is 32.2. The van der Waals surface area contributed by atoms with Crippen molar-refractivity contribution in [2.75, 3.05) is 6.26 Å². The van der Waals surface area contributed by atoms with Crippen LogP contribution in [0.5, 0.6) is 0 Å². The van der Waals surface area contributed by atoms with Crippen LogP contribution in [-0.4, -0.2) is 20.8 Å². The first-order valence-electron chi connectivity index (χ1n) is 7.19. The van der Waals surface area contributed by atoms with Crippen molar-refractivity contribution in [1.82, 2.24) is 14.5 Å². The zero-order chi connectivity index (χ0) is 14.9. The molecule has 0 unspecified atom stereocenters. The predicted molar refractivity (Wildman–Crippen MR) is 92.4 cm³/mol. The normalized spacial score (nSPS) is 11.3. The molecule has 4 heteroatoms. The van der Waals surface area contributed by atoms with E-state index in [1.807, 2.05) is 24.4 Å². The van der Waals surface area contributed by atoms with Gasteiger partial charge in [-0.3, -0.25) is 4.98 Å². The van der Waals surface area contributed by atoms with E-state index in [4.69, 9.17) is 4.98 Å². The zero-order valence-corrected chi connectivity index (χ0v) is 13.0. The number of benzene rings is 2. The van der Waals surface area contributed by atoms with E-state index in [2.05, 4.69) is 52.2 Å². The Labute approximate surface area is 133 Å². The third-order valence-electron chi connectivity index (χ3n) is 3.81. The van der Waals surface area contributed by atoms with Crippen molar-refractivity contribution in [2.24, 2.45) is 0 Å². The predicted octanol–water partition coefficient (Wildman–Crippen LogP) is 4.35. The minimum Gasteiger partial charge on any atom is -0.314 e. The van der Waals surface area contributed by atoms with Gasteiger partial charge in [0.05, 0.1) is 23.8 Å². The largest absolute Gasteiger partial charge is 0.314 e. The quantitative estimate of drug-likeness (QED) is 0.527. The van der Waals surface area contributed by atoms with Crippen LogP contribution >= 0.6 is 11.8 Å². The highest BCUT2D eigenvalue weighted by molar-refractivity contribution is 7.98. The number of nitrogens with zero attached hydrogens (tertiary/aromatic N) is 3. The number of imidazole rings is 1. The summed E-state index contributed by atoms with van der Waals surface area (Å²) >= 11 is 1.67. The van der Waals surface area contributed by atoms with Crippen molar-refractivity contribution in [3.63, 3.8) is 0 Å². The number of rotatable bonds is 3. The number of hydrogen-bond acceptors (Lipinski definition) is 3. The third kappa shape index (κ3) is 2.16. The highest BCUT2D eigenvalue weighted by Crippen LogP contribution is 2.28. The van der Waals surface area contributed by atoms with Gasteiger partial charge in [0.1, 0.15) is 5.52 Å². The Morgan fingerprint density at radius 1 is 0.955 bits per heavy atom. The first kappa shape index (κ1) is 13.3. The van der Waals surface area contributed by atoms with E-state index in [-0.39, 0.29) is 0 Å². The fraction of sp³-hybridized carbons (Fsp3) is 0.111. The molecule has 0 aliphatic carbocycles. The Bertz CT molecular complexity index is 945. The summed E-state index contributed by atoms with van der Waals surface area (Å²) < 4.78 is 2.29. The first-order valence-corrected chi connectivity index (χ1v) is 8.41. The second-order valence-electron chi connectivity index (χ2n) is 5.18. The van der Waals surface area contributed by atoms with E-state index in [9.17, 15) is 0 Å². The summed E-state index contributed by atoms with van der Waals surface area (Å²) in [5.41, 5.74) is 4.41. The number of aromatic nitrogens is 3. The van der Waals surface area contributed by atoms with Crippen molar-refractivity contribution in [3.8, 4) is 0 Å². The van der Waals surface area contributed by atoms with Crippen LogP contribution in [0.4, 0.5) is 0 Å². The molecule has 4 rings (SSSR count). The summed E-state index contributed by atoms with van der Waals surface area (Å²) in [6.45, 7) is 0.821. The van der Waals surface area contributed by atoms with Crippen molar-refractivity contribution in [1.29, 1.82) is 0 Å². The van der Waals surface area contributed by atoms with Gasteiger partial charge in [-0.2, -0.15) is 0 Å². The fourth-order valence-corrected chi connectivity index (χ4v) is 3.38. The van der Waals surface area contributed by atoms with E-state index in [0.717, 1.165) is 28.1 Å². The zero-order valence-electron chi connectivity index (χ0n) is 12.2. The fourth-order valence-electron chi connectivity index (χ4n) is 2.81. The summed E-state index contributed by atoms with van der Waals surface area (Å²) in [6.07, 6.45) is 3.94. The van der Waals surface area contributed by atoms with E-state index < -0.39 is 0 Å². The lowest BCUT2D eigenvalue weighted by Crippen LogP contribution is -2.01. The molecule has 2 aromatic carbocycles. The van der Waals surface area contributed by atoms with Crippen LogP contribution in [0.2, 0.25) is 0 Å². The molecule has 0 saturated carbocycles. The molecule has 4 aromatic rings. The molecular formula is C18H15N3S. The summed E-state index contributed by atoms with van der Waals surface area (Å²) in [7, 11) is 0. The smallest absolute Gasteiger partial charge is 0.169 e.